The van der Waals surface area contributed by atoms with E-state index in [-0.39, 0.29) is 16.2 Å². The molecule has 0 aliphatic carbocycles. The van der Waals surface area contributed by atoms with Gasteiger partial charge in [0, 0.05) is 10.0 Å². The summed E-state index contributed by atoms with van der Waals surface area (Å²) in [4.78, 5) is 29.2. The molecule has 7 heteroatoms. The summed E-state index contributed by atoms with van der Waals surface area (Å²) in [5.74, 6) is -1.76. The number of hydrogen-bond donors (Lipinski definition) is 0. The van der Waals surface area contributed by atoms with Crippen LogP contribution in [0.25, 0.3) is 6.08 Å². The van der Waals surface area contributed by atoms with Gasteiger partial charge in [-0.3, -0.25) is 19.4 Å². The molecule has 2 amide bonds. The fourth-order valence-electron chi connectivity index (χ4n) is 3.12. The lowest BCUT2D eigenvalue weighted by atomic mass is 10.0. The number of anilines is 2. The number of carbonyl (C=O) groups excluding carboxylic acids is 2. The van der Waals surface area contributed by atoms with Crippen LogP contribution < -0.4 is 9.80 Å². The second-order valence-corrected chi connectivity index (χ2v) is 7.74. The van der Waals surface area contributed by atoms with E-state index >= 15 is 0 Å². The second-order valence-electron chi connectivity index (χ2n) is 6.46. The van der Waals surface area contributed by atoms with Gasteiger partial charge in [0.15, 0.2) is 5.11 Å². The van der Waals surface area contributed by atoms with Crippen LogP contribution in [-0.4, -0.2) is 16.9 Å². The van der Waals surface area contributed by atoms with Crippen LogP contribution >= 0.6 is 28.1 Å². The first-order chi connectivity index (χ1) is 14.5. The van der Waals surface area contributed by atoms with Crippen molar-refractivity contribution in [3.8, 4) is 0 Å². The molecule has 30 heavy (non-hydrogen) atoms. The predicted octanol–water partition coefficient (Wildman–Crippen LogP) is 5.34. The van der Waals surface area contributed by atoms with E-state index in [9.17, 15) is 14.0 Å². The molecule has 148 valence electrons. The molecule has 3 aromatic rings. The minimum atomic E-state index is -0.609. The van der Waals surface area contributed by atoms with Gasteiger partial charge in [0.2, 0.25) is 0 Å². The Morgan fingerprint density at radius 2 is 1.30 bits per heavy atom. The highest BCUT2D eigenvalue weighted by atomic mass is 79.9. The molecular weight excluding hydrogens is 467 g/mol. The van der Waals surface area contributed by atoms with E-state index in [0.29, 0.717) is 15.8 Å². The zero-order valence-corrected chi connectivity index (χ0v) is 17.9. The molecule has 0 radical (unpaired) electrons. The van der Waals surface area contributed by atoms with Crippen LogP contribution in [0.1, 0.15) is 5.56 Å². The number of nitrogens with zero attached hydrogens (tertiary/aromatic N) is 2. The Bertz CT molecular complexity index is 1120. The second kappa shape index (κ2) is 8.30. The number of thiocarbonyl (C=S) groups is 1. The molecule has 0 aromatic heterocycles. The molecule has 0 saturated carbocycles. The molecule has 1 fully saturated rings. The number of hydrogen-bond acceptors (Lipinski definition) is 3. The third-order valence-corrected chi connectivity index (χ3v) is 5.39. The first-order valence-corrected chi connectivity index (χ1v) is 10.2. The third kappa shape index (κ3) is 3.69. The Labute approximate surface area is 186 Å². The van der Waals surface area contributed by atoms with Crippen LogP contribution in [0, 0.1) is 5.82 Å². The summed E-state index contributed by atoms with van der Waals surface area (Å²) >= 11 is 8.82. The molecule has 1 heterocycles. The Kier molecular flexibility index (Phi) is 5.57. The Morgan fingerprint density at radius 1 is 0.800 bits per heavy atom. The van der Waals surface area contributed by atoms with E-state index in [4.69, 9.17) is 12.2 Å². The van der Waals surface area contributed by atoms with Crippen molar-refractivity contribution in [2.75, 3.05) is 9.80 Å². The van der Waals surface area contributed by atoms with E-state index < -0.39 is 17.6 Å². The average Bonchev–Trinajstić information content (AvgIpc) is 2.75. The minimum absolute atomic E-state index is 0.0364. The standard InChI is InChI=1S/C23H14BrFN2O2S/c24-16-11-12-20(25)15(13-16)14-19-21(28)26(17-7-3-1-4-8-17)23(30)27(22(19)29)18-9-5-2-6-10-18/h1-14H. The number of carbonyl (C=O) groups is 2. The highest BCUT2D eigenvalue weighted by molar-refractivity contribution is 9.10. The smallest absolute Gasteiger partial charge is 0.268 e. The van der Waals surface area contributed by atoms with Crippen LogP contribution in [0.5, 0.6) is 0 Å². The van der Waals surface area contributed by atoms with Gasteiger partial charge in [-0.15, -0.1) is 0 Å². The maximum atomic E-state index is 14.4. The highest BCUT2D eigenvalue weighted by Gasteiger charge is 2.41. The topological polar surface area (TPSA) is 40.6 Å². The van der Waals surface area contributed by atoms with Crippen LogP contribution in [-0.2, 0) is 9.59 Å². The summed E-state index contributed by atoms with van der Waals surface area (Å²) in [6.45, 7) is 0. The van der Waals surface area contributed by atoms with E-state index in [0.717, 1.165) is 0 Å². The van der Waals surface area contributed by atoms with Gasteiger partial charge in [0.1, 0.15) is 11.4 Å². The SMILES string of the molecule is O=C1C(=Cc2cc(Br)ccc2F)C(=O)N(c2ccccc2)C(=S)N1c1ccccc1. The van der Waals surface area contributed by atoms with Crippen molar-refractivity contribution in [3.63, 3.8) is 0 Å². The number of para-hydroxylation sites is 2. The zero-order chi connectivity index (χ0) is 21.3. The molecule has 0 spiro atoms. The molecule has 4 rings (SSSR count). The van der Waals surface area contributed by atoms with Crippen LogP contribution in [0.2, 0.25) is 0 Å². The van der Waals surface area contributed by atoms with E-state index in [2.05, 4.69) is 15.9 Å². The van der Waals surface area contributed by atoms with E-state index in [1.54, 1.807) is 54.6 Å². The van der Waals surface area contributed by atoms with Gasteiger partial charge in [-0.05, 0) is 60.8 Å². The summed E-state index contributed by atoms with van der Waals surface area (Å²) in [5.41, 5.74) is 0.964. The monoisotopic (exact) mass is 480 g/mol. The fourth-order valence-corrected chi connectivity index (χ4v) is 3.88. The number of halogens is 2. The number of rotatable bonds is 3. The lowest BCUT2D eigenvalue weighted by Crippen LogP contribution is -2.56. The van der Waals surface area contributed by atoms with Gasteiger partial charge in [0.25, 0.3) is 11.8 Å². The van der Waals surface area contributed by atoms with Gasteiger partial charge in [-0.2, -0.15) is 0 Å². The summed E-state index contributed by atoms with van der Waals surface area (Å²) < 4.78 is 15.0. The lowest BCUT2D eigenvalue weighted by molar-refractivity contribution is -0.120. The Hall–Kier alpha value is -3.16. The lowest BCUT2D eigenvalue weighted by Gasteiger charge is -2.36. The molecule has 0 N–H and O–H groups in total. The van der Waals surface area contributed by atoms with Gasteiger partial charge in [-0.25, -0.2) is 4.39 Å². The highest BCUT2D eigenvalue weighted by Crippen LogP contribution is 2.30. The van der Waals surface area contributed by atoms with E-state index in [1.165, 1.54) is 28.0 Å². The quantitative estimate of drug-likeness (QED) is 0.288. The Balaban J connectivity index is 1.90. The fraction of sp³-hybridized carbons (Fsp3) is 0. The van der Waals surface area contributed by atoms with Crippen LogP contribution in [0.3, 0.4) is 0 Å². The summed E-state index contributed by atoms with van der Waals surface area (Å²) in [6.07, 6.45) is 1.26. The van der Waals surface area contributed by atoms with Crippen molar-refractivity contribution in [1.29, 1.82) is 0 Å². The molecule has 1 aliphatic rings. The molecule has 4 nitrogen and oxygen atoms in total. The normalized spacial score (nSPS) is 14.3. The van der Waals surface area contributed by atoms with Gasteiger partial charge in [0.05, 0.1) is 11.4 Å². The Morgan fingerprint density at radius 3 is 1.80 bits per heavy atom. The van der Waals surface area contributed by atoms with Crippen LogP contribution in [0.4, 0.5) is 15.8 Å². The largest absolute Gasteiger partial charge is 0.270 e. The number of benzene rings is 3. The van der Waals surface area contributed by atoms with Crippen molar-refractivity contribution >= 4 is 62.5 Å². The molecule has 3 aromatic carbocycles. The number of amides is 2. The van der Waals surface area contributed by atoms with Crippen molar-refractivity contribution in [2.45, 2.75) is 0 Å². The summed E-state index contributed by atoms with van der Waals surface area (Å²) in [7, 11) is 0. The van der Waals surface area contributed by atoms with Crippen LogP contribution in [0.15, 0.2) is 88.9 Å². The molecule has 1 aliphatic heterocycles. The first kappa shape index (κ1) is 20.1. The third-order valence-electron chi connectivity index (χ3n) is 4.54. The van der Waals surface area contributed by atoms with Crippen molar-refractivity contribution in [2.24, 2.45) is 0 Å². The maximum Gasteiger partial charge on any atom is 0.270 e. The maximum absolute atomic E-state index is 14.4. The molecule has 0 bridgehead atoms. The van der Waals surface area contributed by atoms with Gasteiger partial charge >= 0.3 is 0 Å². The first-order valence-electron chi connectivity index (χ1n) is 8.97. The molecule has 1 saturated heterocycles. The van der Waals surface area contributed by atoms with Gasteiger partial charge < -0.3 is 0 Å². The summed E-state index contributed by atoms with van der Waals surface area (Å²) in [6, 6.07) is 21.9. The van der Waals surface area contributed by atoms with E-state index in [1.807, 2.05) is 12.1 Å². The van der Waals surface area contributed by atoms with Gasteiger partial charge in [-0.1, -0.05) is 52.3 Å². The molecule has 0 unspecified atom stereocenters. The summed E-state index contributed by atoms with van der Waals surface area (Å²) in [5, 5.41) is 0.0364. The molecular formula is C23H14BrFN2O2S. The van der Waals surface area contributed by atoms with Crippen molar-refractivity contribution in [1.82, 2.24) is 0 Å². The predicted molar refractivity (Wildman–Crippen MR) is 123 cm³/mol. The average molecular weight is 481 g/mol. The van der Waals surface area contributed by atoms with Crippen molar-refractivity contribution < 1.29 is 14.0 Å². The van der Waals surface area contributed by atoms with Crippen molar-refractivity contribution in [3.05, 3.63) is 100 Å². The minimum Gasteiger partial charge on any atom is -0.268 e. The molecule has 0 atom stereocenters. The zero-order valence-electron chi connectivity index (χ0n) is 15.5.